The lowest BCUT2D eigenvalue weighted by atomic mass is 9.86. The monoisotopic (exact) mass is 399 g/mol. The smallest absolute Gasteiger partial charge is 0.226 e. The van der Waals surface area contributed by atoms with E-state index in [-0.39, 0.29) is 17.7 Å². The molecule has 3 aromatic carbocycles. The molecule has 0 heterocycles. The lowest BCUT2D eigenvalue weighted by Crippen LogP contribution is -2.36. The molecule has 0 aliphatic carbocycles. The zero-order valence-corrected chi connectivity index (χ0v) is 17.7. The topological polar surface area (TPSA) is 29.5 Å². The summed E-state index contributed by atoms with van der Waals surface area (Å²) in [6.07, 6.45) is 1.86. The molecule has 0 saturated heterocycles. The summed E-state index contributed by atoms with van der Waals surface area (Å²) in [6.45, 7) is 7.14. The number of methoxy groups -OCH3 is 1. The average molecular weight is 400 g/mol. The number of rotatable bonds is 9. The summed E-state index contributed by atoms with van der Waals surface area (Å²) >= 11 is 0. The number of ether oxygens (including phenoxy) is 1. The number of amides is 1. The van der Waals surface area contributed by atoms with Crippen molar-refractivity contribution in [2.45, 2.75) is 25.9 Å². The SMILES string of the molecule is C=CC(c1cccc(OC)c1)C(C)C(=O)N(Cc1ccccc1)Cc1ccccc1. The van der Waals surface area contributed by atoms with Crippen LogP contribution in [0.3, 0.4) is 0 Å². The molecule has 0 bridgehead atoms. The first-order valence-electron chi connectivity index (χ1n) is 10.3. The zero-order chi connectivity index (χ0) is 21.3. The summed E-state index contributed by atoms with van der Waals surface area (Å²) in [5.41, 5.74) is 3.26. The normalized spacial score (nSPS) is 12.6. The second-order valence-electron chi connectivity index (χ2n) is 7.49. The quantitative estimate of drug-likeness (QED) is 0.424. The summed E-state index contributed by atoms with van der Waals surface area (Å²) in [6, 6.07) is 28.1. The number of carbonyl (C=O) groups is 1. The minimum absolute atomic E-state index is 0.0957. The Morgan fingerprint density at radius 3 is 2.00 bits per heavy atom. The van der Waals surface area contributed by atoms with Gasteiger partial charge in [0.2, 0.25) is 5.91 Å². The van der Waals surface area contributed by atoms with Gasteiger partial charge in [0.05, 0.1) is 7.11 Å². The zero-order valence-electron chi connectivity index (χ0n) is 17.7. The molecule has 0 spiro atoms. The van der Waals surface area contributed by atoms with Crippen LogP contribution in [0.25, 0.3) is 0 Å². The van der Waals surface area contributed by atoms with Gasteiger partial charge < -0.3 is 9.64 Å². The first-order valence-corrected chi connectivity index (χ1v) is 10.3. The molecule has 0 aliphatic rings. The van der Waals surface area contributed by atoms with Crippen molar-refractivity contribution in [2.75, 3.05) is 7.11 Å². The number of allylic oxidation sites excluding steroid dienone is 1. The molecule has 2 atom stereocenters. The van der Waals surface area contributed by atoms with Crippen LogP contribution in [-0.4, -0.2) is 17.9 Å². The van der Waals surface area contributed by atoms with Crippen molar-refractivity contribution in [3.05, 3.63) is 114 Å². The van der Waals surface area contributed by atoms with Gasteiger partial charge >= 0.3 is 0 Å². The van der Waals surface area contributed by atoms with Crippen LogP contribution >= 0.6 is 0 Å². The number of nitrogens with zero attached hydrogens (tertiary/aromatic N) is 1. The van der Waals surface area contributed by atoms with E-state index in [0.717, 1.165) is 22.4 Å². The molecule has 154 valence electrons. The molecule has 3 rings (SSSR count). The highest BCUT2D eigenvalue weighted by molar-refractivity contribution is 5.80. The molecule has 0 aromatic heterocycles. The van der Waals surface area contributed by atoms with E-state index >= 15 is 0 Å². The molecule has 0 aliphatic heterocycles. The third-order valence-corrected chi connectivity index (χ3v) is 5.41. The van der Waals surface area contributed by atoms with Crippen LogP contribution in [0.1, 0.15) is 29.5 Å². The second-order valence-corrected chi connectivity index (χ2v) is 7.49. The molecule has 3 aromatic rings. The van der Waals surface area contributed by atoms with E-state index in [0.29, 0.717) is 13.1 Å². The summed E-state index contributed by atoms with van der Waals surface area (Å²) in [7, 11) is 1.65. The lowest BCUT2D eigenvalue weighted by molar-refractivity contribution is -0.136. The predicted octanol–water partition coefficient (Wildman–Crippen LogP) is 5.83. The number of hydrogen-bond acceptors (Lipinski definition) is 2. The fourth-order valence-electron chi connectivity index (χ4n) is 3.74. The molecule has 3 heteroatoms. The Labute approximate surface area is 179 Å². The number of carbonyl (C=O) groups excluding carboxylic acids is 1. The van der Waals surface area contributed by atoms with Gasteiger partial charge in [0, 0.05) is 24.9 Å². The van der Waals surface area contributed by atoms with E-state index in [1.807, 2.05) is 78.6 Å². The van der Waals surface area contributed by atoms with Gasteiger partial charge in [0.25, 0.3) is 0 Å². The first kappa shape index (κ1) is 21.4. The molecular weight excluding hydrogens is 370 g/mol. The van der Waals surface area contributed by atoms with Crippen LogP contribution in [0.4, 0.5) is 0 Å². The summed E-state index contributed by atoms with van der Waals surface area (Å²) in [4.78, 5) is 15.6. The van der Waals surface area contributed by atoms with Crippen LogP contribution in [0.15, 0.2) is 97.6 Å². The second kappa shape index (κ2) is 10.4. The number of hydrogen-bond donors (Lipinski definition) is 0. The van der Waals surface area contributed by atoms with Gasteiger partial charge in [-0.25, -0.2) is 0 Å². The van der Waals surface area contributed by atoms with Crippen LogP contribution in [-0.2, 0) is 17.9 Å². The first-order chi connectivity index (χ1) is 14.6. The van der Waals surface area contributed by atoms with Gasteiger partial charge in [0.15, 0.2) is 0 Å². The molecule has 0 fully saturated rings. The molecule has 1 amide bonds. The van der Waals surface area contributed by atoms with Crippen molar-refractivity contribution < 1.29 is 9.53 Å². The maximum Gasteiger partial charge on any atom is 0.226 e. The molecule has 3 nitrogen and oxygen atoms in total. The van der Waals surface area contributed by atoms with Crippen LogP contribution in [0.2, 0.25) is 0 Å². The predicted molar refractivity (Wildman–Crippen MR) is 122 cm³/mol. The molecule has 0 N–H and O–H groups in total. The highest BCUT2D eigenvalue weighted by atomic mass is 16.5. The Balaban J connectivity index is 1.86. The maximum atomic E-state index is 13.6. The molecular formula is C27H29NO2. The Kier molecular flexibility index (Phi) is 7.45. The maximum absolute atomic E-state index is 13.6. The van der Waals surface area contributed by atoms with Gasteiger partial charge in [-0.3, -0.25) is 4.79 Å². The Bertz CT molecular complexity index is 911. The van der Waals surface area contributed by atoms with Crippen molar-refractivity contribution in [3.63, 3.8) is 0 Å². The van der Waals surface area contributed by atoms with Crippen molar-refractivity contribution in [3.8, 4) is 5.75 Å². The van der Waals surface area contributed by atoms with E-state index in [1.165, 1.54) is 0 Å². The standard InChI is InChI=1S/C27H29NO2/c1-4-26(24-16-11-17-25(18-24)30-3)21(2)27(29)28(19-22-12-7-5-8-13-22)20-23-14-9-6-10-15-23/h4-18,21,26H,1,19-20H2,2-3H3. The van der Waals surface area contributed by atoms with E-state index in [1.54, 1.807) is 7.11 Å². The van der Waals surface area contributed by atoms with Crippen molar-refractivity contribution in [2.24, 2.45) is 5.92 Å². The summed E-state index contributed by atoms with van der Waals surface area (Å²) < 4.78 is 5.37. The summed E-state index contributed by atoms with van der Waals surface area (Å²) in [5, 5.41) is 0. The van der Waals surface area contributed by atoms with Crippen molar-refractivity contribution >= 4 is 5.91 Å². The van der Waals surface area contributed by atoms with Crippen LogP contribution in [0, 0.1) is 5.92 Å². The van der Waals surface area contributed by atoms with E-state index < -0.39 is 0 Å². The van der Waals surface area contributed by atoms with Gasteiger partial charge in [-0.2, -0.15) is 0 Å². The molecule has 0 radical (unpaired) electrons. The Hall–Kier alpha value is -3.33. The highest BCUT2D eigenvalue weighted by Gasteiger charge is 2.28. The van der Waals surface area contributed by atoms with E-state index in [4.69, 9.17) is 4.74 Å². The van der Waals surface area contributed by atoms with Crippen LogP contribution < -0.4 is 4.74 Å². The lowest BCUT2D eigenvalue weighted by Gasteiger charge is -2.29. The molecule has 2 unspecified atom stereocenters. The summed E-state index contributed by atoms with van der Waals surface area (Å²) in [5.74, 6) is 0.545. The van der Waals surface area contributed by atoms with Crippen molar-refractivity contribution in [1.29, 1.82) is 0 Å². The van der Waals surface area contributed by atoms with E-state index in [2.05, 4.69) is 30.8 Å². The minimum atomic E-state index is -0.248. The molecule has 30 heavy (non-hydrogen) atoms. The van der Waals surface area contributed by atoms with Crippen LogP contribution in [0.5, 0.6) is 5.75 Å². The fraction of sp³-hybridized carbons (Fsp3) is 0.222. The van der Waals surface area contributed by atoms with Gasteiger partial charge in [-0.1, -0.05) is 85.8 Å². The van der Waals surface area contributed by atoms with Gasteiger partial charge in [-0.15, -0.1) is 6.58 Å². The average Bonchev–Trinajstić information content (AvgIpc) is 2.80. The minimum Gasteiger partial charge on any atom is -0.497 e. The third-order valence-electron chi connectivity index (χ3n) is 5.41. The highest BCUT2D eigenvalue weighted by Crippen LogP contribution is 2.30. The number of benzene rings is 3. The Morgan fingerprint density at radius 2 is 1.50 bits per heavy atom. The Morgan fingerprint density at radius 1 is 0.933 bits per heavy atom. The van der Waals surface area contributed by atoms with E-state index in [9.17, 15) is 4.79 Å². The largest absolute Gasteiger partial charge is 0.497 e. The fourth-order valence-corrected chi connectivity index (χ4v) is 3.74. The van der Waals surface area contributed by atoms with Crippen molar-refractivity contribution in [1.82, 2.24) is 4.90 Å². The van der Waals surface area contributed by atoms with Gasteiger partial charge in [-0.05, 0) is 28.8 Å². The third kappa shape index (κ3) is 5.38. The molecule has 0 saturated carbocycles. The van der Waals surface area contributed by atoms with Gasteiger partial charge in [0.1, 0.15) is 5.75 Å².